The van der Waals surface area contributed by atoms with E-state index in [4.69, 9.17) is 9.47 Å². The van der Waals surface area contributed by atoms with E-state index in [0.29, 0.717) is 29.3 Å². The molecule has 2 heterocycles. The van der Waals surface area contributed by atoms with E-state index in [0.717, 1.165) is 35.1 Å². The van der Waals surface area contributed by atoms with Crippen molar-refractivity contribution in [2.45, 2.75) is 38.5 Å². The van der Waals surface area contributed by atoms with Crippen LogP contribution in [-0.4, -0.2) is 23.5 Å². The number of rotatable bonds is 6. The zero-order chi connectivity index (χ0) is 22.3. The number of hydrogen-bond donors (Lipinski definition) is 1. The van der Waals surface area contributed by atoms with Crippen molar-refractivity contribution < 1.29 is 19.1 Å². The quantitative estimate of drug-likeness (QED) is 0.556. The lowest BCUT2D eigenvalue weighted by Crippen LogP contribution is -2.28. The maximum absolute atomic E-state index is 13.2. The summed E-state index contributed by atoms with van der Waals surface area (Å²) in [6.07, 6.45) is 3.82. The predicted molar refractivity (Wildman–Crippen MR) is 121 cm³/mol. The van der Waals surface area contributed by atoms with E-state index < -0.39 is 5.41 Å². The Hall–Kier alpha value is -3.67. The van der Waals surface area contributed by atoms with Crippen LogP contribution < -0.4 is 14.8 Å². The first kappa shape index (κ1) is 20.2. The van der Waals surface area contributed by atoms with Crippen LogP contribution in [0.15, 0.2) is 54.7 Å². The van der Waals surface area contributed by atoms with Crippen LogP contribution in [0.1, 0.15) is 47.7 Å². The van der Waals surface area contributed by atoms with E-state index in [9.17, 15) is 9.59 Å². The Balaban J connectivity index is 1.34. The van der Waals surface area contributed by atoms with E-state index in [1.54, 1.807) is 6.20 Å². The molecule has 2 aliphatic rings. The van der Waals surface area contributed by atoms with Crippen LogP contribution in [0.3, 0.4) is 0 Å². The van der Waals surface area contributed by atoms with E-state index in [1.165, 1.54) is 0 Å². The van der Waals surface area contributed by atoms with Crippen molar-refractivity contribution in [2.24, 2.45) is 0 Å². The Labute approximate surface area is 186 Å². The number of benzene rings is 2. The second-order valence-corrected chi connectivity index (χ2v) is 8.35. The van der Waals surface area contributed by atoms with Gasteiger partial charge in [-0.2, -0.15) is 0 Å². The topological polar surface area (TPSA) is 77.5 Å². The minimum absolute atomic E-state index is 0.0536. The molecule has 1 saturated carbocycles. The molecular weight excluding hydrogens is 404 g/mol. The van der Waals surface area contributed by atoms with Crippen LogP contribution in [-0.2, 0) is 10.2 Å². The van der Waals surface area contributed by atoms with Gasteiger partial charge in [-0.15, -0.1) is 0 Å². The Bertz CT molecular complexity index is 1210. The van der Waals surface area contributed by atoms with Crippen molar-refractivity contribution >= 4 is 17.5 Å². The Morgan fingerprint density at radius 3 is 2.44 bits per heavy atom. The average molecular weight is 428 g/mol. The summed E-state index contributed by atoms with van der Waals surface area (Å²) in [7, 11) is 0. The molecule has 1 amide bonds. The van der Waals surface area contributed by atoms with Gasteiger partial charge in [-0.05, 0) is 54.7 Å². The number of nitrogens with one attached hydrogen (secondary N) is 1. The lowest BCUT2D eigenvalue weighted by atomic mass is 9.94. The van der Waals surface area contributed by atoms with Gasteiger partial charge in [-0.25, -0.2) is 4.98 Å². The standard InChI is InChI=1S/C26H24N2O4/c1-3-21(29)18-6-4-17(5-7-18)19-12-16(2)24(27-14-19)28-25(30)26(10-11-26)20-8-9-22-23(13-20)32-15-31-22/h4-9,12-14H,3,10-11,15H2,1-2H3,(H,27,28,30). The van der Waals surface area contributed by atoms with Crippen molar-refractivity contribution in [3.63, 3.8) is 0 Å². The molecule has 6 nitrogen and oxygen atoms in total. The lowest BCUT2D eigenvalue weighted by molar-refractivity contribution is -0.118. The summed E-state index contributed by atoms with van der Waals surface area (Å²) in [6, 6.07) is 15.2. The van der Waals surface area contributed by atoms with Crippen molar-refractivity contribution in [1.29, 1.82) is 0 Å². The second kappa shape index (κ2) is 7.79. The van der Waals surface area contributed by atoms with Crippen LogP contribution in [0.4, 0.5) is 5.82 Å². The number of anilines is 1. The molecule has 1 aliphatic carbocycles. The van der Waals surface area contributed by atoms with Gasteiger partial charge in [0.2, 0.25) is 12.7 Å². The third-order valence-corrected chi connectivity index (χ3v) is 6.28. The van der Waals surface area contributed by atoms with Gasteiger partial charge >= 0.3 is 0 Å². The summed E-state index contributed by atoms with van der Waals surface area (Å²) in [6.45, 7) is 4.00. The molecule has 2 aromatic carbocycles. The fourth-order valence-corrected chi connectivity index (χ4v) is 4.11. The zero-order valence-corrected chi connectivity index (χ0v) is 18.1. The molecule has 0 atom stereocenters. The zero-order valence-electron chi connectivity index (χ0n) is 18.1. The molecule has 1 aliphatic heterocycles. The number of aromatic nitrogens is 1. The van der Waals surface area contributed by atoms with Gasteiger partial charge in [-0.1, -0.05) is 37.3 Å². The monoisotopic (exact) mass is 428 g/mol. The molecule has 0 radical (unpaired) electrons. The van der Waals surface area contributed by atoms with E-state index >= 15 is 0 Å². The number of ether oxygens (including phenoxy) is 2. The fraction of sp³-hybridized carbons (Fsp3) is 0.269. The Kier molecular flexibility index (Phi) is 4.93. The highest BCUT2D eigenvalue weighted by Crippen LogP contribution is 2.51. The summed E-state index contributed by atoms with van der Waals surface area (Å²) in [5.41, 5.74) is 3.90. The highest BCUT2D eigenvalue weighted by atomic mass is 16.7. The highest BCUT2D eigenvalue weighted by Gasteiger charge is 2.51. The van der Waals surface area contributed by atoms with Crippen molar-refractivity contribution in [3.8, 4) is 22.6 Å². The summed E-state index contributed by atoms with van der Waals surface area (Å²) in [5, 5.41) is 3.02. The number of aryl methyl sites for hydroxylation is 1. The minimum Gasteiger partial charge on any atom is -0.454 e. The molecule has 1 aromatic heterocycles. The lowest BCUT2D eigenvalue weighted by Gasteiger charge is -2.17. The summed E-state index contributed by atoms with van der Waals surface area (Å²) in [5.74, 6) is 2.03. The number of fused-ring (bicyclic) bond motifs is 1. The van der Waals surface area contributed by atoms with E-state index in [-0.39, 0.29) is 18.5 Å². The Morgan fingerprint density at radius 2 is 1.75 bits per heavy atom. The number of carbonyl (C=O) groups is 2. The second-order valence-electron chi connectivity index (χ2n) is 8.35. The molecular formula is C26H24N2O4. The molecule has 0 unspecified atom stereocenters. The van der Waals surface area contributed by atoms with Gasteiger partial charge in [0.25, 0.3) is 0 Å². The number of carbonyl (C=O) groups excluding carboxylic acids is 2. The van der Waals surface area contributed by atoms with Crippen LogP contribution in [0.25, 0.3) is 11.1 Å². The van der Waals surface area contributed by atoms with Crippen molar-refractivity contribution in [2.75, 3.05) is 12.1 Å². The number of amides is 1. The van der Waals surface area contributed by atoms with E-state index in [1.807, 2.05) is 62.4 Å². The van der Waals surface area contributed by atoms with Gasteiger partial charge in [0.05, 0.1) is 5.41 Å². The third-order valence-electron chi connectivity index (χ3n) is 6.28. The summed E-state index contributed by atoms with van der Waals surface area (Å²) < 4.78 is 10.9. The maximum Gasteiger partial charge on any atom is 0.236 e. The Morgan fingerprint density at radius 1 is 1.00 bits per heavy atom. The smallest absolute Gasteiger partial charge is 0.236 e. The maximum atomic E-state index is 13.2. The molecule has 0 saturated heterocycles. The summed E-state index contributed by atoms with van der Waals surface area (Å²) >= 11 is 0. The SMILES string of the molecule is CCC(=O)c1ccc(-c2cnc(NC(=O)C3(c4ccc5c(c4)OCO5)CC3)c(C)c2)cc1. The highest BCUT2D eigenvalue weighted by molar-refractivity contribution is 6.01. The van der Waals surface area contributed by atoms with Gasteiger partial charge < -0.3 is 14.8 Å². The molecule has 3 aromatic rings. The van der Waals surface area contributed by atoms with Crippen molar-refractivity contribution in [3.05, 3.63) is 71.4 Å². The molecule has 0 bridgehead atoms. The first-order valence-electron chi connectivity index (χ1n) is 10.8. The van der Waals surface area contributed by atoms with E-state index in [2.05, 4.69) is 10.3 Å². The number of ketones is 1. The largest absolute Gasteiger partial charge is 0.454 e. The molecule has 1 N–H and O–H groups in total. The predicted octanol–water partition coefficient (Wildman–Crippen LogP) is 5.05. The number of hydrogen-bond acceptors (Lipinski definition) is 5. The summed E-state index contributed by atoms with van der Waals surface area (Å²) in [4.78, 5) is 29.5. The fourth-order valence-electron chi connectivity index (χ4n) is 4.11. The number of nitrogens with zero attached hydrogens (tertiary/aromatic N) is 1. The molecule has 162 valence electrons. The van der Waals surface area contributed by atoms with Gasteiger partial charge in [-0.3, -0.25) is 9.59 Å². The third kappa shape index (κ3) is 3.51. The average Bonchev–Trinajstić information content (AvgIpc) is 3.50. The molecule has 0 spiro atoms. The number of pyridine rings is 1. The van der Waals surface area contributed by atoms with Crippen LogP contribution in [0, 0.1) is 6.92 Å². The first-order chi connectivity index (χ1) is 15.5. The van der Waals surface area contributed by atoms with Crippen molar-refractivity contribution in [1.82, 2.24) is 4.98 Å². The van der Waals surface area contributed by atoms with Gasteiger partial charge in [0.1, 0.15) is 5.82 Å². The van der Waals surface area contributed by atoms with Crippen LogP contribution >= 0.6 is 0 Å². The normalized spacial score (nSPS) is 15.3. The van der Waals surface area contributed by atoms with Gasteiger partial charge in [0.15, 0.2) is 17.3 Å². The molecule has 32 heavy (non-hydrogen) atoms. The number of Topliss-reactive ketones (excluding diaryl/α,β-unsaturated/α-hetero) is 1. The molecule has 6 heteroatoms. The van der Waals surface area contributed by atoms with Gasteiger partial charge in [0, 0.05) is 23.7 Å². The molecule has 5 rings (SSSR count). The van der Waals surface area contributed by atoms with Crippen LogP contribution in [0.5, 0.6) is 11.5 Å². The van der Waals surface area contributed by atoms with Crippen LogP contribution in [0.2, 0.25) is 0 Å². The first-order valence-corrected chi connectivity index (χ1v) is 10.8. The molecule has 1 fully saturated rings. The minimum atomic E-state index is -0.546.